The van der Waals surface area contributed by atoms with Crippen LogP contribution in [-0.2, 0) is 18.4 Å². The summed E-state index contributed by atoms with van der Waals surface area (Å²) < 4.78 is 6.94. The molecule has 3 aromatic rings. The van der Waals surface area contributed by atoms with Gasteiger partial charge in [-0.1, -0.05) is 47.1 Å². The molecule has 8 nitrogen and oxygen atoms in total. The SMILES string of the molecule is COc1ccccc1NC(=O)CSc1nnc(CNC(=O)c2ccc(Cl)cc2Cl)n1C. The Morgan fingerprint density at radius 3 is 2.68 bits per heavy atom. The van der Waals surface area contributed by atoms with Crippen molar-refractivity contribution in [3.63, 3.8) is 0 Å². The minimum absolute atomic E-state index is 0.136. The quantitative estimate of drug-likeness (QED) is 0.476. The van der Waals surface area contributed by atoms with Crippen LogP contribution in [0.2, 0.25) is 10.0 Å². The van der Waals surface area contributed by atoms with Gasteiger partial charge < -0.3 is 19.9 Å². The Bertz CT molecular complexity index is 1110. The van der Waals surface area contributed by atoms with E-state index in [9.17, 15) is 9.59 Å². The van der Waals surface area contributed by atoms with Gasteiger partial charge in [-0.15, -0.1) is 10.2 Å². The fourth-order valence-electron chi connectivity index (χ4n) is 2.62. The van der Waals surface area contributed by atoms with E-state index in [2.05, 4.69) is 20.8 Å². The molecule has 0 aliphatic heterocycles. The zero-order valence-corrected chi connectivity index (χ0v) is 19.0. The van der Waals surface area contributed by atoms with Gasteiger partial charge in [0.05, 0.1) is 35.7 Å². The summed E-state index contributed by atoms with van der Waals surface area (Å²) in [7, 11) is 3.30. The molecule has 0 aliphatic rings. The smallest absolute Gasteiger partial charge is 0.253 e. The Balaban J connectivity index is 1.55. The molecule has 31 heavy (non-hydrogen) atoms. The van der Waals surface area contributed by atoms with E-state index < -0.39 is 0 Å². The number of ether oxygens (including phenoxy) is 1. The second kappa shape index (κ2) is 10.5. The van der Waals surface area contributed by atoms with Gasteiger partial charge in [0.15, 0.2) is 11.0 Å². The van der Waals surface area contributed by atoms with Crippen molar-refractivity contribution in [3.8, 4) is 5.75 Å². The number of hydrogen-bond donors (Lipinski definition) is 2. The first-order chi connectivity index (χ1) is 14.9. The Morgan fingerprint density at radius 2 is 1.94 bits per heavy atom. The maximum Gasteiger partial charge on any atom is 0.253 e. The van der Waals surface area contributed by atoms with Crippen molar-refractivity contribution in [2.75, 3.05) is 18.2 Å². The lowest BCUT2D eigenvalue weighted by molar-refractivity contribution is -0.113. The van der Waals surface area contributed by atoms with Crippen LogP contribution in [0.25, 0.3) is 0 Å². The number of amides is 2. The molecule has 162 valence electrons. The summed E-state index contributed by atoms with van der Waals surface area (Å²) in [6.07, 6.45) is 0. The number of hydrogen-bond acceptors (Lipinski definition) is 6. The third-order valence-electron chi connectivity index (χ3n) is 4.22. The lowest BCUT2D eigenvalue weighted by Gasteiger charge is -2.09. The van der Waals surface area contributed by atoms with E-state index in [0.29, 0.717) is 33.0 Å². The third-order valence-corrected chi connectivity index (χ3v) is 5.79. The fourth-order valence-corrected chi connectivity index (χ4v) is 3.84. The largest absolute Gasteiger partial charge is 0.495 e. The van der Waals surface area contributed by atoms with Gasteiger partial charge in [0.2, 0.25) is 5.91 Å². The van der Waals surface area contributed by atoms with E-state index in [1.54, 1.807) is 43.0 Å². The second-order valence-electron chi connectivity index (χ2n) is 6.30. The first-order valence-electron chi connectivity index (χ1n) is 9.06. The number of carbonyl (C=O) groups is 2. The number of rotatable bonds is 8. The van der Waals surface area contributed by atoms with Crippen molar-refractivity contribution in [1.82, 2.24) is 20.1 Å². The number of halogens is 2. The van der Waals surface area contributed by atoms with Crippen molar-refractivity contribution in [2.24, 2.45) is 7.05 Å². The second-order valence-corrected chi connectivity index (χ2v) is 8.09. The van der Waals surface area contributed by atoms with E-state index in [4.69, 9.17) is 27.9 Å². The van der Waals surface area contributed by atoms with E-state index in [1.165, 1.54) is 17.8 Å². The highest BCUT2D eigenvalue weighted by Gasteiger charge is 2.15. The maximum atomic E-state index is 12.3. The molecule has 0 atom stereocenters. The first kappa shape index (κ1) is 22.9. The van der Waals surface area contributed by atoms with Crippen molar-refractivity contribution < 1.29 is 14.3 Å². The summed E-state index contributed by atoms with van der Waals surface area (Å²) in [6, 6.07) is 11.8. The van der Waals surface area contributed by atoms with Crippen LogP contribution in [-0.4, -0.2) is 39.4 Å². The zero-order valence-electron chi connectivity index (χ0n) is 16.7. The van der Waals surface area contributed by atoms with Crippen LogP contribution in [0, 0.1) is 0 Å². The number of nitrogens with one attached hydrogen (secondary N) is 2. The van der Waals surface area contributed by atoms with Gasteiger partial charge in [0.25, 0.3) is 5.91 Å². The molecule has 1 heterocycles. The molecule has 2 N–H and O–H groups in total. The molecule has 0 saturated heterocycles. The van der Waals surface area contributed by atoms with Crippen LogP contribution in [0.4, 0.5) is 5.69 Å². The van der Waals surface area contributed by atoms with Crippen LogP contribution in [0.15, 0.2) is 47.6 Å². The predicted octanol–water partition coefficient (Wildman–Crippen LogP) is 3.79. The number of para-hydroxylation sites is 2. The van der Waals surface area contributed by atoms with Crippen LogP contribution < -0.4 is 15.4 Å². The summed E-state index contributed by atoms with van der Waals surface area (Å²) in [5.41, 5.74) is 0.911. The van der Waals surface area contributed by atoms with Gasteiger partial charge in [-0.2, -0.15) is 0 Å². The average Bonchev–Trinajstić information content (AvgIpc) is 3.10. The van der Waals surface area contributed by atoms with Gasteiger partial charge in [0.1, 0.15) is 5.75 Å². The van der Waals surface area contributed by atoms with E-state index in [1.807, 2.05) is 12.1 Å². The van der Waals surface area contributed by atoms with Crippen LogP contribution in [0.3, 0.4) is 0 Å². The Labute approximate surface area is 193 Å². The highest BCUT2D eigenvalue weighted by molar-refractivity contribution is 7.99. The monoisotopic (exact) mass is 479 g/mol. The zero-order chi connectivity index (χ0) is 22.4. The van der Waals surface area contributed by atoms with E-state index in [0.717, 1.165) is 0 Å². The summed E-state index contributed by atoms with van der Waals surface area (Å²) >= 11 is 13.1. The lowest BCUT2D eigenvalue weighted by Crippen LogP contribution is -2.24. The van der Waals surface area contributed by atoms with Gasteiger partial charge in [-0.3, -0.25) is 9.59 Å². The van der Waals surface area contributed by atoms with Crippen LogP contribution in [0.5, 0.6) is 5.75 Å². The number of nitrogens with zero attached hydrogens (tertiary/aromatic N) is 3. The van der Waals surface area contributed by atoms with Gasteiger partial charge in [-0.25, -0.2) is 0 Å². The molecule has 0 bridgehead atoms. The molecule has 1 aromatic heterocycles. The highest BCUT2D eigenvalue weighted by atomic mass is 35.5. The number of benzene rings is 2. The van der Waals surface area contributed by atoms with Gasteiger partial charge >= 0.3 is 0 Å². The number of thioether (sulfide) groups is 1. The molecule has 2 aromatic carbocycles. The minimum Gasteiger partial charge on any atom is -0.495 e. The molecule has 0 unspecified atom stereocenters. The molecule has 0 spiro atoms. The molecular formula is C20H19Cl2N5O3S. The molecule has 2 amide bonds. The summed E-state index contributed by atoms with van der Waals surface area (Å²) in [5.74, 6) is 0.695. The lowest BCUT2D eigenvalue weighted by atomic mass is 10.2. The standard InChI is InChI=1S/C20H19Cl2N5O3S/c1-27-17(10-23-19(29)13-8-7-12(21)9-14(13)22)25-26-20(27)31-11-18(28)24-15-5-3-4-6-16(15)30-2/h3-9H,10-11H2,1-2H3,(H,23,29)(H,24,28). The van der Waals surface area contributed by atoms with Crippen LogP contribution >= 0.6 is 35.0 Å². The van der Waals surface area contributed by atoms with Crippen molar-refractivity contribution in [1.29, 1.82) is 0 Å². The predicted molar refractivity (Wildman–Crippen MR) is 121 cm³/mol. The fraction of sp³-hybridized carbons (Fsp3) is 0.200. The topological polar surface area (TPSA) is 98.1 Å². The molecule has 3 rings (SSSR count). The molecule has 0 saturated carbocycles. The maximum absolute atomic E-state index is 12.3. The summed E-state index contributed by atoms with van der Waals surface area (Å²) in [6.45, 7) is 0.148. The highest BCUT2D eigenvalue weighted by Crippen LogP contribution is 2.24. The van der Waals surface area contributed by atoms with Crippen molar-refractivity contribution >= 4 is 52.5 Å². The van der Waals surface area contributed by atoms with Crippen LogP contribution in [0.1, 0.15) is 16.2 Å². The molecule has 0 aliphatic carbocycles. The average molecular weight is 480 g/mol. The molecule has 0 radical (unpaired) electrons. The molecule has 0 fully saturated rings. The third kappa shape index (κ3) is 5.90. The summed E-state index contributed by atoms with van der Waals surface area (Å²) in [4.78, 5) is 24.6. The van der Waals surface area contributed by atoms with Crippen molar-refractivity contribution in [2.45, 2.75) is 11.7 Å². The minimum atomic E-state index is -0.352. The van der Waals surface area contributed by atoms with E-state index >= 15 is 0 Å². The number of methoxy groups -OCH3 is 1. The summed E-state index contributed by atoms with van der Waals surface area (Å²) in [5, 5.41) is 15.0. The number of anilines is 1. The van der Waals surface area contributed by atoms with E-state index in [-0.39, 0.29) is 29.1 Å². The van der Waals surface area contributed by atoms with Gasteiger partial charge in [-0.05, 0) is 30.3 Å². The number of aromatic nitrogens is 3. The number of carbonyl (C=O) groups excluding carboxylic acids is 2. The Kier molecular flexibility index (Phi) is 7.78. The Morgan fingerprint density at radius 1 is 1.16 bits per heavy atom. The first-order valence-corrected chi connectivity index (χ1v) is 10.8. The molecule has 11 heteroatoms. The Hall–Kier alpha value is -2.75. The van der Waals surface area contributed by atoms with Gasteiger partial charge in [0, 0.05) is 12.1 Å². The normalized spacial score (nSPS) is 10.6. The van der Waals surface area contributed by atoms with Crippen molar-refractivity contribution in [3.05, 3.63) is 63.9 Å². The molecular weight excluding hydrogens is 461 g/mol.